The van der Waals surface area contributed by atoms with Crippen LogP contribution in [0.1, 0.15) is 36.6 Å². The Morgan fingerprint density at radius 1 is 1.14 bits per heavy atom. The molecule has 1 unspecified atom stereocenters. The van der Waals surface area contributed by atoms with Crippen molar-refractivity contribution in [3.63, 3.8) is 0 Å². The molecule has 0 radical (unpaired) electrons. The van der Waals surface area contributed by atoms with Gasteiger partial charge in [0.05, 0.1) is 6.10 Å². The summed E-state index contributed by atoms with van der Waals surface area (Å²) in [4.78, 5) is 0. The number of aryl methyl sites for hydroxylation is 1. The number of hydrogen-bond acceptors (Lipinski definition) is 2. The molecule has 2 nitrogen and oxygen atoms in total. The molecule has 0 saturated carbocycles. The minimum absolute atomic E-state index is 0.127. The van der Waals surface area contributed by atoms with Crippen LogP contribution in [0.4, 0.5) is 4.39 Å². The first kappa shape index (κ1) is 15.5. The SMILES string of the molecule is Cc1ccc(F)cc1CC(N)c1cccc(OC(C)C)c1. The lowest BCUT2D eigenvalue weighted by Gasteiger charge is -2.16. The normalized spacial score (nSPS) is 12.5. The van der Waals surface area contributed by atoms with Crippen molar-refractivity contribution in [2.45, 2.75) is 39.3 Å². The van der Waals surface area contributed by atoms with Gasteiger partial charge >= 0.3 is 0 Å². The van der Waals surface area contributed by atoms with Crippen molar-refractivity contribution in [1.82, 2.24) is 0 Å². The van der Waals surface area contributed by atoms with Crippen LogP contribution in [0.25, 0.3) is 0 Å². The number of rotatable bonds is 5. The lowest BCUT2D eigenvalue weighted by molar-refractivity contribution is 0.242. The van der Waals surface area contributed by atoms with Gasteiger partial charge in [-0.15, -0.1) is 0 Å². The Morgan fingerprint density at radius 3 is 2.62 bits per heavy atom. The van der Waals surface area contributed by atoms with Gasteiger partial charge in [0.25, 0.3) is 0 Å². The molecule has 0 bridgehead atoms. The van der Waals surface area contributed by atoms with E-state index in [2.05, 4.69) is 0 Å². The van der Waals surface area contributed by atoms with Gasteiger partial charge in [0.15, 0.2) is 0 Å². The summed E-state index contributed by atoms with van der Waals surface area (Å²) in [6.07, 6.45) is 0.733. The van der Waals surface area contributed by atoms with Gasteiger partial charge in [0.2, 0.25) is 0 Å². The van der Waals surface area contributed by atoms with E-state index in [4.69, 9.17) is 10.5 Å². The summed E-state index contributed by atoms with van der Waals surface area (Å²) >= 11 is 0. The minimum atomic E-state index is -0.223. The van der Waals surface area contributed by atoms with E-state index in [-0.39, 0.29) is 18.0 Å². The highest BCUT2D eigenvalue weighted by Crippen LogP contribution is 2.23. The van der Waals surface area contributed by atoms with E-state index < -0.39 is 0 Å². The third kappa shape index (κ3) is 4.30. The number of ether oxygens (including phenoxy) is 1. The van der Waals surface area contributed by atoms with Gasteiger partial charge in [-0.05, 0) is 68.1 Å². The van der Waals surface area contributed by atoms with Crippen LogP contribution in [0.15, 0.2) is 42.5 Å². The van der Waals surface area contributed by atoms with Crippen LogP contribution < -0.4 is 10.5 Å². The number of hydrogen-bond donors (Lipinski definition) is 1. The Kier molecular flexibility index (Phi) is 4.97. The predicted molar refractivity (Wildman–Crippen MR) is 84.0 cm³/mol. The molecule has 0 aliphatic rings. The fourth-order valence-electron chi connectivity index (χ4n) is 2.31. The Balaban J connectivity index is 2.16. The van der Waals surface area contributed by atoms with Crippen LogP contribution in [-0.4, -0.2) is 6.10 Å². The number of halogens is 1. The third-order valence-corrected chi connectivity index (χ3v) is 3.41. The molecular weight excluding hydrogens is 265 g/mol. The predicted octanol–water partition coefficient (Wildman–Crippen LogP) is 4.16. The summed E-state index contributed by atoms with van der Waals surface area (Å²) in [5.41, 5.74) is 9.26. The Labute approximate surface area is 125 Å². The first-order chi connectivity index (χ1) is 9.95. The maximum absolute atomic E-state index is 13.3. The van der Waals surface area contributed by atoms with E-state index in [9.17, 15) is 4.39 Å². The van der Waals surface area contributed by atoms with Crippen LogP contribution in [0, 0.1) is 12.7 Å². The highest BCUT2D eigenvalue weighted by atomic mass is 19.1. The topological polar surface area (TPSA) is 35.2 Å². The van der Waals surface area contributed by atoms with Gasteiger partial charge in [-0.3, -0.25) is 0 Å². The molecule has 3 heteroatoms. The standard InChI is InChI=1S/C18H22FNO/c1-12(2)21-17-6-4-5-14(10-17)18(20)11-15-9-16(19)8-7-13(15)3/h4-10,12,18H,11,20H2,1-3H3. The monoisotopic (exact) mass is 287 g/mol. The lowest BCUT2D eigenvalue weighted by Crippen LogP contribution is -2.14. The van der Waals surface area contributed by atoms with E-state index in [0.29, 0.717) is 6.42 Å². The minimum Gasteiger partial charge on any atom is -0.491 e. The summed E-state index contributed by atoms with van der Waals surface area (Å²) in [5, 5.41) is 0. The van der Waals surface area contributed by atoms with Crippen LogP contribution in [-0.2, 0) is 6.42 Å². The summed E-state index contributed by atoms with van der Waals surface area (Å²) in [5.74, 6) is 0.591. The molecule has 0 amide bonds. The maximum Gasteiger partial charge on any atom is 0.123 e. The molecule has 0 fully saturated rings. The highest BCUT2D eigenvalue weighted by Gasteiger charge is 2.11. The van der Waals surface area contributed by atoms with Crippen molar-refractivity contribution >= 4 is 0 Å². The Morgan fingerprint density at radius 2 is 1.90 bits per heavy atom. The molecular formula is C18H22FNO. The summed E-state index contributed by atoms with van der Waals surface area (Å²) < 4.78 is 19.0. The second-order valence-electron chi connectivity index (χ2n) is 5.62. The van der Waals surface area contributed by atoms with E-state index in [1.807, 2.05) is 45.0 Å². The first-order valence-electron chi connectivity index (χ1n) is 7.23. The smallest absolute Gasteiger partial charge is 0.123 e. The van der Waals surface area contributed by atoms with Gasteiger partial charge in [-0.25, -0.2) is 4.39 Å². The molecule has 0 aliphatic carbocycles. The van der Waals surface area contributed by atoms with Crippen molar-refractivity contribution in [3.8, 4) is 5.75 Å². The molecule has 0 spiro atoms. The molecule has 2 N–H and O–H groups in total. The molecule has 0 aromatic heterocycles. The zero-order valence-electron chi connectivity index (χ0n) is 12.8. The van der Waals surface area contributed by atoms with Crippen LogP contribution in [0.3, 0.4) is 0 Å². The molecule has 2 rings (SSSR count). The van der Waals surface area contributed by atoms with Gasteiger partial charge in [-0.2, -0.15) is 0 Å². The Hall–Kier alpha value is -1.87. The fraction of sp³-hybridized carbons (Fsp3) is 0.333. The zero-order valence-corrected chi connectivity index (χ0v) is 12.8. The first-order valence-corrected chi connectivity index (χ1v) is 7.23. The molecule has 0 heterocycles. The molecule has 112 valence electrons. The highest BCUT2D eigenvalue weighted by molar-refractivity contribution is 5.33. The average Bonchev–Trinajstić information content (AvgIpc) is 2.42. The van der Waals surface area contributed by atoms with E-state index in [0.717, 1.165) is 22.4 Å². The molecule has 21 heavy (non-hydrogen) atoms. The lowest BCUT2D eigenvalue weighted by atomic mass is 9.96. The maximum atomic E-state index is 13.3. The van der Waals surface area contributed by atoms with Gasteiger partial charge in [-0.1, -0.05) is 18.2 Å². The van der Waals surface area contributed by atoms with Gasteiger partial charge in [0.1, 0.15) is 11.6 Å². The number of nitrogens with two attached hydrogens (primary N) is 1. The second-order valence-corrected chi connectivity index (χ2v) is 5.62. The van der Waals surface area contributed by atoms with Gasteiger partial charge < -0.3 is 10.5 Å². The van der Waals surface area contributed by atoms with E-state index >= 15 is 0 Å². The van der Waals surface area contributed by atoms with Crippen LogP contribution in [0.5, 0.6) is 5.75 Å². The van der Waals surface area contributed by atoms with Crippen LogP contribution in [0.2, 0.25) is 0 Å². The Bertz CT molecular complexity index is 610. The summed E-state index contributed by atoms with van der Waals surface area (Å²) in [6, 6.07) is 12.4. The van der Waals surface area contributed by atoms with E-state index in [1.165, 1.54) is 6.07 Å². The van der Waals surface area contributed by atoms with E-state index in [1.54, 1.807) is 12.1 Å². The van der Waals surface area contributed by atoms with Crippen molar-refractivity contribution in [3.05, 3.63) is 65.0 Å². The average molecular weight is 287 g/mol. The van der Waals surface area contributed by atoms with Crippen molar-refractivity contribution in [2.75, 3.05) is 0 Å². The molecule has 2 aromatic rings. The van der Waals surface area contributed by atoms with Crippen molar-refractivity contribution < 1.29 is 9.13 Å². The zero-order chi connectivity index (χ0) is 15.4. The van der Waals surface area contributed by atoms with Gasteiger partial charge in [0, 0.05) is 6.04 Å². The second kappa shape index (κ2) is 6.72. The molecule has 1 atom stereocenters. The van der Waals surface area contributed by atoms with Crippen molar-refractivity contribution in [1.29, 1.82) is 0 Å². The quantitative estimate of drug-likeness (QED) is 0.896. The van der Waals surface area contributed by atoms with Crippen molar-refractivity contribution in [2.24, 2.45) is 5.73 Å². The summed E-state index contributed by atoms with van der Waals surface area (Å²) in [6.45, 7) is 5.95. The molecule has 2 aromatic carbocycles. The van der Waals surface area contributed by atoms with Crippen LogP contribution >= 0.6 is 0 Å². The summed E-state index contributed by atoms with van der Waals surface area (Å²) in [7, 11) is 0. The number of benzene rings is 2. The third-order valence-electron chi connectivity index (χ3n) is 3.41. The molecule has 0 saturated heterocycles. The fourth-order valence-corrected chi connectivity index (χ4v) is 2.31. The largest absolute Gasteiger partial charge is 0.491 e. The molecule has 0 aliphatic heterocycles.